The highest BCUT2D eigenvalue weighted by atomic mass is 16.5. The van der Waals surface area contributed by atoms with Crippen LogP contribution in [0.25, 0.3) is 0 Å². The quantitative estimate of drug-likeness (QED) is 0.671. The number of para-hydroxylation sites is 1. The molecule has 2 N–H and O–H groups in total. The second-order valence-electron chi connectivity index (χ2n) is 6.66. The van der Waals surface area contributed by atoms with Gasteiger partial charge >= 0.3 is 6.09 Å². The lowest BCUT2D eigenvalue weighted by molar-refractivity contribution is -0.127. The van der Waals surface area contributed by atoms with Crippen LogP contribution in [0, 0.1) is 5.92 Å². The second-order valence-corrected chi connectivity index (χ2v) is 6.66. The Morgan fingerprint density at radius 3 is 2.28 bits per heavy atom. The molecule has 0 heterocycles. The summed E-state index contributed by atoms with van der Waals surface area (Å²) < 4.78 is 10.8. The van der Waals surface area contributed by atoms with Gasteiger partial charge in [0.25, 0.3) is 5.91 Å². The first-order chi connectivity index (χ1) is 11.8. The maximum atomic E-state index is 12.1. The van der Waals surface area contributed by atoms with Crippen LogP contribution in [0.2, 0.25) is 0 Å². The van der Waals surface area contributed by atoms with Gasteiger partial charge in [0.1, 0.15) is 5.75 Å². The van der Waals surface area contributed by atoms with E-state index in [1.54, 1.807) is 6.92 Å². The molecule has 6 nitrogen and oxygen atoms in total. The minimum absolute atomic E-state index is 0.226. The first-order valence-corrected chi connectivity index (χ1v) is 8.75. The van der Waals surface area contributed by atoms with Gasteiger partial charge < -0.3 is 20.1 Å². The fraction of sp³-hybridized carbons (Fsp3) is 0.579. The number of ether oxygens (including phenoxy) is 2. The molecule has 1 unspecified atom stereocenters. The summed E-state index contributed by atoms with van der Waals surface area (Å²) in [6.45, 7) is 10.8. The number of carbonyl (C=O) groups is 2. The molecule has 1 rings (SSSR count). The molecule has 140 valence electrons. The van der Waals surface area contributed by atoms with E-state index in [9.17, 15) is 9.59 Å². The zero-order chi connectivity index (χ0) is 18.8. The van der Waals surface area contributed by atoms with Crippen molar-refractivity contribution in [1.82, 2.24) is 10.6 Å². The summed E-state index contributed by atoms with van der Waals surface area (Å²) in [5, 5.41) is 5.33. The normalized spacial score (nSPS) is 12.0. The Balaban J connectivity index is 2.34. The summed E-state index contributed by atoms with van der Waals surface area (Å²) in [4.78, 5) is 23.5. The van der Waals surface area contributed by atoms with E-state index in [1.165, 1.54) is 0 Å². The Morgan fingerprint density at radius 1 is 1.00 bits per heavy atom. The number of hydrogen-bond acceptors (Lipinski definition) is 4. The van der Waals surface area contributed by atoms with Gasteiger partial charge in [-0.25, -0.2) is 4.79 Å². The number of benzene rings is 1. The van der Waals surface area contributed by atoms with Crippen LogP contribution in [0.3, 0.4) is 0 Å². The Hall–Kier alpha value is -2.24. The topological polar surface area (TPSA) is 76.7 Å². The van der Waals surface area contributed by atoms with Gasteiger partial charge in [0, 0.05) is 13.1 Å². The predicted molar refractivity (Wildman–Crippen MR) is 97.8 cm³/mol. The minimum Gasteiger partial charge on any atom is -0.481 e. The number of hydrogen-bond donors (Lipinski definition) is 2. The van der Waals surface area contributed by atoms with E-state index in [4.69, 9.17) is 9.47 Å². The highest BCUT2D eigenvalue weighted by Crippen LogP contribution is 2.26. The molecule has 6 heteroatoms. The standard InChI is InChI=1S/C19H30N2O4/c1-13(2)12-24-19(23)21-11-10-20-18(22)15(5)25-17-9-7-6-8-16(17)14(3)4/h6-9,13-15H,10-12H2,1-5H3,(H,20,22)(H,21,23). The summed E-state index contributed by atoms with van der Waals surface area (Å²) in [6.07, 6.45) is -1.09. The van der Waals surface area contributed by atoms with Crippen molar-refractivity contribution in [3.05, 3.63) is 29.8 Å². The molecule has 0 aromatic heterocycles. The molecule has 0 aliphatic carbocycles. The predicted octanol–water partition coefficient (Wildman–Crippen LogP) is 3.08. The molecule has 0 spiro atoms. The molecule has 0 aliphatic rings. The fourth-order valence-electron chi connectivity index (χ4n) is 2.10. The van der Waals surface area contributed by atoms with Gasteiger partial charge in [-0.3, -0.25) is 4.79 Å². The van der Waals surface area contributed by atoms with Crippen LogP contribution in [0.1, 0.15) is 46.1 Å². The zero-order valence-electron chi connectivity index (χ0n) is 15.8. The Kier molecular flexibility index (Phi) is 8.81. The van der Waals surface area contributed by atoms with Crippen molar-refractivity contribution in [2.24, 2.45) is 5.92 Å². The average Bonchev–Trinajstić information content (AvgIpc) is 2.56. The second kappa shape index (κ2) is 10.6. The Morgan fingerprint density at radius 2 is 1.64 bits per heavy atom. The molecular formula is C19H30N2O4. The van der Waals surface area contributed by atoms with Crippen molar-refractivity contribution in [3.63, 3.8) is 0 Å². The SMILES string of the molecule is CC(C)COC(=O)NCCNC(=O)C(C)Oc1ccccc1C(C)C. The lowest BCUT2D eigenvalue weighted by Gasteiger charge is -2.18. The largest absolute Gasteiger partial charge is 0.481 e. The van der Waals surface area contributed by atoms with Crippen LogP contribution in [-0.4, -0.2) is 37.8 Å². The number of rotatable bonds is 9. The highest BCUT2D eigenvalue weighted by Gasteiger charge is 2.16. The lowest BCUT2D eigenvalue weighted by Crippen LogP contribution is -2.41. The van der Waals surface area contributed by atoms with Crippen LogP contribution in [-0.2, 0) is 9.53 Å². The van der Waals surface area contributed by atoms with E-state index in [-0.39, 0.29) is 11.8 Å². The molecular weight excluding hydrogens is 320 g/mol. The number of amides is 2. The van der Waals surface area contributed by atoms with E-state index in [0.29, 0.717) is 25.6 Å². The highest BCUT2D eigenvalue weighted by molar-refractivity contribution is 5.80. The summed E-state index contributed by atoms with van der Waals surface area (Å²) in [7, 11) is 0. The molecule has 0 radical (unpaired) electrons. The van der Waals surface area contributed by atoms with E-state index in [1.807, 2.05) is 38.1 Å². The Labute approximate surface area is 150 Å². The van der Waals surface area contributed by atoms with Gasteiger partial charge in [-0.2, -0.15) is 0 Å². The summed E-state index contributed by atoms with van der Waals surface area (Å²) >= 11 is 0. The minimum atomic E-state index is -0.618. The first kappa shape index (κ1) is 20.8. The third-order valence-corrected chi connectivity index (χ3v) is 3.46. The summed E-state index contributed by atoms with van der Waals surface area (Å²) in [5.74, 6) is 1.09. The van der Waals surface area contributed by atoms with E-state index < -0.39 is 12.2 Å². The van der Waals surface area contributed by atoms with Crippen LogP contribution in [0.4, 0.5) is 4.79 Å². The number of nitrogens with one attached hydrogen (secondary N) is 2. The fourth-order valence-corrected chi connectivity index (χ4v) is 2.10. The van der Waals surface area contributed by atoms with Crippen LogP contribution >= 0.6 is 0 Å². The molecule has 1 atom stereocenters. The third-order valence-electron chi connectivity index (χ3n) is 3.46. The van der Waals surface area contributed by atoms with Gasteiger partial charge in [-0.05, 0) is 30.4 Å². The zero-order valence-corrected chi connectivity index (χ0v) is 15.8. The third kappa shape index (κ3) is 7.92. The van der Waals surface area contributed by atoms with Crippen molar-refractivity contribution in [2.75, 3.05) is 19.7 Å². The van der Waals surface area contributed by atoms with E-state index in [2.05, 4.69) is 24.5 Å². The maximum absolute atomic E-state index is 12.1. The number of alkyl carbamates (subject to hydrolysis) is 1. The maximum Gasteiger partial charge on any atom is 0.407 e. The van der Waals surface area contributed by atoms with Crippen LogP contribution in [0.5, 0.6) is 5.75 Å². The molecule has 2 amide bonds. The molecule has 0 bridgehead atoms. The Bertz CT molecular complexity index is 558. The molecule has 0 aliphatic heterocycles. The van der Waals surface area contributed by atoms with Crippen LogP contribution < -0.4 is 15.4 Å². The van der Waals surface area contributed by atoms with Gasteiger partial charge in [0.05, 0.1) is 6.61 Å². The molecule has 1 aromatic rings. The summed E-state index contributed by atoms with van der Waals surface area (Å²) in [6, 6.07) is 7.71. The van der Waals surface area contributed by atoms with E-state index in [0.717, 1.165) is 11.3 Å². The smallest absolute Gasteiger partial charge is 0.407 e. The van der Waals surface area contributed by atoms with Crippen LogP contribution in [0.15, 0.2) is 24.3 Å². The number of carbonyl (C=O) groups excluding carboxylic acids is 2. The lowest BCUT2D eigenvalue weighted by atomic mass is 10.0. The molecule has 0 saturated heterocycles. The van der Waals surface area contributed by atoms with Gasteiger partial charge in [0.2, 0.25) is 0 Å². The van der Waals surface area contributed by atoms with Gasteiger partial charge in [0.15, 0.2) is 6.10 Å². The van der Waals surface area contributed by atoms with Gasteiger partial charge in [-0.1, -0.05) is 45.9 Å². The van der Waals surface area contributed by atoms with Crippen molar-refractivity contribution in [2.45, 2.75) is 46.6 Å². The van der Waals surface area contributed by atoms with Crippen molar-refractivity contribution >= 4 is 12.0 Å². The molecule has 1 aromatic carbocycles. The monoisotopic (exact) mass is 350 g/mol. The molecule has 25 heavy (non-hydrogen) atoms. The molecule has 0 saturated carbocycles. The van der Waals surface area contributed by atoms with E-state index >= 15 is 0 Å². The first-order valence-electron chi connectivity index (χ1n) is 8.75. The van der Waals surface area contributed by atoms with Gasteiger partial charge in [-0.15, -0.1) is 0 Å². The van der Waals surface area contributed by atoms with Crippen molar-refractivity contribution in [1.29, 1.82) is 0 Å². The summed E-state index contributed by atoms with van der Waals surface area (Å²) in [5.41, 5.74) is 1.07. The molecule has 0 fully saturated rings. The van der Waals surface area contributed by atoms with Crippen molar-refractivity contribution < 1.29 is 19.1 Å². The van der Waals surface area contributed by atoms with Crippen molar-refractivity contribution in [3.8, 4) is 5.75 Å². The average molecular weight is 350 g/mol.